The number of nitrogens with one attached hydrogen (secondary N) is 2. The zero-order chi connectivity index (χ0) is 31.2. The molecule has 230 valence electrons. The van der Waals surface area contributed by atoms with Crippen LogP contribution in [-0.2, 0) is 6.54 Å². The van der Waals surface area contributed by atoms with Gasteiger partial charge in [-0.3, -0.25) is 14.7 Å². The van der Waals surface area contributed by atoms with Crippen LogP contribution in [0.3, 0.4) is 0 Å². The van der Waals surface area contributed by atoms with Crippen LogP contribution in [0.25, 0.3) is 5.70 Å². The van der Waals surface area contributed by atoms with E-state index in [1.54, 1.807) is 13.1 Å². The molecule has 0 spiro atoms. The average molecular weight is 584 g/mol. The lowest BCUT2D eigenvalue weighted by Crippen LogP contribution is -2.42. The highest BCUT2D eigenvalue weighted by Crippen LogP contribution is 2.26. The molecule has 3 heterocycles. The van der Waals surface area contributed by atoms with Crippen molar-refractivity contribution in [2.75, 3.05) is 31.5 Å². The predicted molar refractivity (Wildman–Crippen MR) is 179 cm³/mol. The summed E-state index contributed by atoms with van der Waals surface area (Å²) in [6.45, 7) is 17.0. The van der Waals surface area contributed by atoms with E-state index in [9.17, 15) is 4.79 Å². The van der Waals surface area contributed by atoms with E-state index >= 15 is 0 Å². The van der Waals surface area contributed by atoms with Crippen LogP contribution in [0, 0.1) is 12.0 Å². The number of nitrogens with two attached hydrogens (primary N) is 1. The fraction of sp³-hybridized carbons (Fsp3) is 0.457. The molecule has 1 amide bonds. The van der Waals surface area contributed by atoms with Gasteiger partial charge in [0.25, 0.3) is 5.91 Å². The lowest BCUT2D eigenvalue weighted by Gasteiger charge is -2.30. The molecule has 4 N–H and O–H groups in total. The number of carbonyl (C=O) groups excluding carboxylic acids is 1. The van der Waals surface area contributed by atoms with E-state index in [-0.39, 0.29) is 11.9 Å². The normalized spacial score (nSPS) is 18.4. The van der Waals surface area contributed by atoms with Crippen LogP contribution in [0.5, 0.6) is 0 Å². The molecule has 0 aliphatic carbocycles. The van der Waals surface area contributed by atoms with Crippen LogP contribution in [0.2, 0.25) is 0 Å². The smallest absolute Gasteiger partial charge is 0.274 e. The first-order valence-corrected chi connectivity index (χ1v) is 15.7. The molecule has 0 radical (unpaired) electrons. The zero-order valence-electron chi connectivity index (χ0n) is 26.8. The number of carbonyl (C=O) groups is 1. The van der Waals surface area contributed by atoms with Gasteiger partial charge in [-0.2, -0.15) is 4.99 Å². The van der Waals surface area contributed by atoms with E-state index in [0.29, 0.717) is 11.4 Å². The van der Waals surface area contributed by atoms with Crippen molar-refractivity contribution in [2.24, 2.45) is 10.7 Å². The largest absolute Gasteiger partial charge is 0.374 e. The van der Waals surface area contributed by atoms with Gasteiger partial charge in [0.15, 0.2) is 0 Å². The number of piperidine rings is 1. The Labute approximate surface area is 258 Å². The highest BCUT2D eigenvalue weighted by Gasteiger charge is 2.22. The molecule has 2 aliphatic rings. The second kappa shape index (κ2) is 17.3. The quantitative estimate of drug-likeness (QED) is 0.297. The molecular weight excluding hydrogens is 534 g/mol. The van der Waals surface area contributed by atoms with Crippen LogP contribution in [0.1, 0.15) is 88.8 Å². The minimum atomic E-state index is -0.228. The van der Waals surface area contributed by atoms with E-state index in [4.69, 9.17) is 5.73 Å². The molecule has 43 heavy (non-hydrogen) atoms. The van der Waals surface area contributed by atoms with Crippen molar-refractivity contribution in [3.63, 3.8) is 0 Å². The van der Waals surface area contributed by atoms with Gasteiger partial charge in [0.05, 0.1) is 0 Å². The van der Waals surface area contributed by atoms with E-state index < -0.39 is 0 Å². The monoisotopic (exact) mass is 583 g/mol. The summed E-state index contributed by atoms with van der Waals surface area (Å²) >= 11 is 0. The number of hydrogen-bond acceptors (Lipinski definition) is 6. The molecule has 0 saturated carbocycles. The lowest BCUT2D eigenvalue weighted by atomic mass is 10.1. The van der Waals surface area contributed by atoms with Gasteiger partial charge >= 0.3 is 0 Å². The summed E-state index contributed by atoms with van der Waals surface area (Å²) in [7, 11) is 0. The van der Waals surface area contributed by atoms with Gasteiger partial charge in [-0.1, -0.05) is 45.7 Å². The number of aliphatic imine (C=N–C) groups is 1. The number of amidine groups is 1. The Morgan fingerprint density at radius 3 is 2.56 bits per heavy atom. The van der Waals surface area contributed by atoms with Gasteiger partial charge in [0, 0.05) is 67.1 Å². The Morgan fingerprint density at radius 1 is 1.19 bits per heavy atom. The Kier molecular flexibility index (Phi) is 13.5. The Hall–Kier alpha value is -3.93. The minimum Gasteiger partial charge on any atom is -0.374 e. The maximum Gasteiger partial charge on any atom is 0.274 e. The molecule has 1 atom stereocenters. The Bertz CT molecular complexity index is 1360. The highest BCUT2D eigenvalue weighted by molar-refractivity contribution is 6.12. The Morgan fingerprint density at radius 2 is 1.91 bits per heavy atom. The van der Waals surface area contributed by atoms with Gasteiger partial charge in [-0.25, -0.2) is 0 Å². The van der Waals surface area contributed by atoms with Crippen LogP contribution >= 0.6 is 0 Å². The molecule has 8 nitrogen and oxygen atoms in total. The van der Waals surface area contributed by atoms with E-state index in [0.717, 1.165) is 86.6 Å². The van der Waals surface area contributed by atoms with Crippen molar-refractivity contribution in [2.45, 2.75) is 79.8 Å². The van der Waals surface area contributed by atoms with Gasteiger partial charge < -0.3 is 21.3 Å². The second-order valence-electron chi connectivity index (χ2n) is 10.7. The molecule has 2 aromatic rings. The van der Waals surface area contributed by atoms with Crippen LogP contribution in [0.4, 0.5) is 5.69 Å². The molecule has 8 heteroatoms. The van der Waals surface area contributed by atoms with Crippen LogP contribution < -0.4 is 16.4 Å². The Balaban J connectivity index is 0.00000248. The first-order valence-electron chi connectivity index (χ1n) is 15.7. The number of benzene rings is 1. The second-order valence-corrected chi connectivity index (χ2v) is 10.7. The minimum absolute atomic E-state index is 0.221. The molecule has 0 bridgehead atoms. The summed E-state index contributed by atoms with van der Waals surface area (Å²) in [5, 5.41) is 6.44. The lowest BCUT2D eigenvalue weighted by molar-refractivity contribution is 0.102. The number of aromatic nitrogens is 1. The van der Waals surface area contributed by atoms with Crippen LogP contribution in [0.15, 0.2) is 64.9 Å². The van der Waals surface area contributed by atoms with Gasteiger partial charge in [0.1, 0.15) is 11.5 Å². The molecule has 1 unspecified atom stereocenters. The van der Waals surface area contributed by atoms with Crippen LogP contribution in [-0.4, -0.2) is 58.7 Å². The number of amides is 1. The number of nitrogens with zero attached hydrogens (tertiary/aromatic N) is 4. The summed E-state index contributed by atoms with van der Waals surface area (Å²) in [4.78, 5) is 26.6. The number of rotatable bonds is 10. The van der Waals surface area contributed by atoms with Crippen molar-refractivity contribution in [1.29, 1.82) is 0 Å². The highest BCUT2D eigenvalue weighted by atomic mass is 16.1. The topological polar surface area (TPSA) is 98.9 Å². The molecule has 1 saturated heterocycles. The summed E-state index contributed by atoms with van der Waals surface area (Å²) < 4.78 is 0. The first kappa shape index (κ1) is 33.6. The standard InChI is InChI=1S/C33H43N7O.C2H6/c1-5-15-36-32-29(24(4)40(17-6-2)18-7-3)21-30(38-32)26-10-12-28(13-11-26)37-33(41)31-20-25(14-16-35-31)22-39-19-8-9-27(34)23-39;1-2/h10-14,16,20-21,27H,6-9,17-19,22-23,34H2,1-4H3,(H,36,38)(H,37,41);1-2H3/b29-24+;. The molecule has 2 aliphatic heterocycles. The van der Waals surface area contributed by atoms with E-state index in [1.807, 2.05) is 50.2 Å². The SMILES string of the molecule is CC.CC#CN=C1NC(c2ccc(NC(=O)c3cc(CN4CCCC(N)C4)ccn3)cc2)=C/C1=C(/C)N(CCC)CCC. The summed E-state index contributed by atoms with van der Waals surface area (Å²) in [6.07, 6.45) is 8.18. The van der Waals surface area contributed by atoms with E-state index in [1.165, 1.54) is 5.70 Å². The number of likely N-dealkylation sites (tertiary alicyclic amines) is 1. The molecule has 1 aromatic carbocycles. The zero-order valence-corrected chi connectivity index (χ0v) is 26.8. The maximum atomic E-state index is 13.0. The van der Waals surface area contributed by atoms with Gasteiger partial charge in [0.2, 0.25) is 0 Å². The van der Waals surface area contributed by atoms with Crippen molar-refractivity contribution < 1.29 is 4.79 Å². The maximum absolute atomic E-state index is 13.0. The third-order valence-electron chi connectivity index (χ3n) is 7.39. The molecule has 1 aromatic heterocycles. The summed E-state index contributed by atoms with van der Waals surface area (Å²) in [6, 6.07) is 14.7. The fourth-order valence-corrected chi connectivity index (χ4v) is 5.35. The number of anilines is 1. The number of hydrogen-bond donors (Lipinski definition) is 3. The third-order valence-corrected chi connectivity index (χ3v) is 7.39. The van der Waals surface area contributed by atoms with Crippen molar-refractivity contribution >= 4 is 23.1 Å². The summed E-state index contributed by atoms with van der Waals surface area (Å²) in [5.74, 6) is 3.40. The third kappa shape index (κ3) is 9.54. The van der Waals surface area contributed by atoms with Crippen molar-refractivity contribution in [1.82, 2.24) is 20.1 Å². The molecule has 4 rings (SSSR count). The fourth-order valence-electron chi connectivity index (χ4n) is 5.35. The average Bonchev–Trinajstić information content (AvgIpc) is 3.45. The number of pyridine rings is 1. The van der Waals surface area contributed by atoms with Gasteiger partial charge in [-0.05, 0) is 87.5 Å². The first-order chi connectivity index (χ1) is 20.9. The molecule has 1 fully saturated rings. The molecular formula is C35H49N7O. The van der Waals surface area contributed by atoms with Crippen molar-refractivity contribution in [3.05, 3.63) is 76.8 Å². The van der Waals surface area contributed by atoms with E-state index in [2.05, 4.69) is 69.2 Å². The van der Waals surface area contributed by atoms with Gasteiger partial charge in [-0.15, -0.1) is 0 Å². The summed E-state index contributed by atoms with van der Waals surface area (Å²) in [5.41, 5.74) is 12.5. The number of allylic oxidation sites excluding steroid dienone is 1. The predicted octanol–water partition coefficient (Wildman–Crippen LogP) is 6.00. The van der Waals surface area contributed by atoms with Crippen molar-refractivity contribution in [3.8, 4) is 12.0 Å².